The van der Waals surface area contributed by atoms with Gasteiger partial charge in [-0.1, -0.05) is 49.4 Å². The lowest BCUT2D eigenvalue weighted by atomic mass is 10.0. The van der Waals surface area contributed by atoms with Gasteiger partial charge in [0.15, 0.2) is 0 Å². The van der Waals surface area contributed by atoms with Crippen LogP contribution in [0.4, 0.5) is 4.79 Å². The molecule has 3 rings (SSSR count). The highest BCUT2D eigenvalue weighted by molar-refractivity contribution is 6.04. The Morgan fingerprint density at radius 1 is 0.963 bits per heavy atom. The van der Waals surface area contributed by atoms with Crippen LogP contribution in [-0.2, 0) is 13.0 Å². The van der Waals surface area contributed by atoms with E-state index in [1.807, 2.05) is 6.07 Å². The Labute approximate surface area is 160 Å². The zero-order valence-electron chi connectivity index (χ0n) is 15.8. The summed E-state index contributed by atoms with van der Waals surface area (Å²) in [5.74, 6) is -0.374. The van der Waals surface area contributed by atoms with Crippen LogP contribution >= 0.6 is 0 Å². The Bertz CT molecular complexity index is 751. The van der Waals surface area contributed by atoms with E-state index in [2.05, 4.69) is 46.7 Å². The van der Waals surface area contributed by atoms with Crippen LogP contribution < -0.4 is 10.6 Å². The molecule has 0 aromatic heterocycles. The van der Waals surface area contributed by atoms with E-state index in [4.69, 9.17) is 0 Å². The number of urea groups is 1. The lowest BCUT2D eigenvalue weighted by Crippen LogP contribution is -2.49. The SMILES string of the molecule is CCc1ccc(CN2CCC(NC(=O)NC(=O)c3ccccc3)CC2)cc1. The zero-order valence-corrected chi connectivity index (χ0v) is 15.8. The molecule has 1 fully saturated rings. The number of rotatable bonds is 5. The van der Waals surface area contributed by atoms with Crippen molar-refractivity contribution in [3.05, 3.63) is 71.3 Å². The first-order chi connectivity index (χ1) is 13.1. The molecule has 0 aliphatic carbocycles. The van der Waals surface area contributed by atoms with Crippen molar-refractivity contribution >= 4 is 11.9 Å². The lowest BCUT2D eigenvalue weighted by molar-refractivity contribution is 0.0962. The maximum Gasteiger partial charge on any atom is 0.321 e. The van der Waals surface area contributed by atoms with Crippen LogP contribution in [0.5, 0.6) is 0 Å². The van der Waals surface area contributed by atoms with Gasteiger partial charge >= 0.3 is 6.03 Å². The number of nitrogens with one attached hydrogen (secondary N) is 2. The fourth-order valence-electron chi connectivity index (χ4n) is 3.36. The molecule has 1 saturated heterocycles. The average molecular weight is 365 g/mol. The Morgan fingerprint density at radius 3 is 2.22 bits per heavy atom. The molecular formula is C22H27N3O2. The normalized spacial score (nSPS) is 15.3. The van der Waals surface area contributed by atoms with E-state index in [9.17, 15) is 9.59 Å². The number of carbonyl (C=O) groups excluding carboxylic acids is 2. The van der Waals surface area contributed by atoms with Crippen molar-refractivity contribution in [1.82, 2.24) is 15.5 Å². The molecule has 0 atom stereocenters. The molecule has 0 unspecified atom stereocenters. The first kappa shape index (κ1) is 19.1. The maximum absolute atomic E-state index is 12.1. The molecule has 0 saturated carbocycles. The number of piperidine rings is 1. The van der Waals surface area contributed by atoms with Crippen molar-refractivity contribution in [2.45, 2.75) is 38.8 Å². The summed E-state index contributed by atoms with van der Waals surface area (Å²) in [6.45, 7) is 4.98. The molecule has 2 aromatic carbocycles. The van der Waals surface area contributed by atoms with Crippen molar-refractivity contribution in [2.24, 2.45) is 0 Å². The van der Waals surface area contributed by atoms with Gasteiger partial charge in [-0.05, 0) is 42.5 Å². The van der Waals surface area contributed by atoms with Crippen molar-refractivity contribution in [2.75, 3.05) is 13.1 Å². The highest BCUT2D eigenvalue weighted by Gasteiger charge is 2.21. The number of hydrogen-bond acceptors (Lipinski definition) is 3. The van der Waals surface area contributed by atoms with Crippen molar-refractivity contribution in [3.63, 3.8) is 0 Å². The van der Waals surface area contributed by atoms with Gasteiger partial charge in [0.1, 0.15) is 0 Å². The smallest absolute Gasteiger partial charge is 0.321 e. The molecule has 2 N–H and O–H groups in total. The lowest BCUT2D eigenvalue weighted by Gasteiger charge is -2.32. The van der Waals surface area contributed by atoms with E-state index in [0.29, 0.717) is 5.56 Å². The van der Waals surface area contributed by atoms with Crippen LogP contribution in [0.2, 0.25) is 0 Å². The third kappa shape index (κ3) is 5.66. The van der Waals surface area contributed by atoms with E-state index in [1.165, 1.54) is 11.1 Å². The van der Waals surface area contributed by atoms with Gasteiger partial charge in [0.2, 0.25) is 0 Å². The standard InChI is InChI=1S/C22H27N3O2/c1-2-17-8-10-18(11-9-17)16-25-14-12-20(13-15-25)23-22(27)24-21(26)19-6-4-3-5-7-19/h3-11,20H,2,12-16H2,1H3,(H2,23,24,26,27). The van der Waals surface area contributed by atoms with Gasteiger partial charge < -0.3 is 5.32 Å². The molecule has 3 amide bonds. The van der Waals surface area contributed by atoms with Gasteiger partial charge in [0.05, 0.1) is 0 Å². The molecule has 1 aliphatic rings. The van der Waals surface area contributed by atoms with Gasteiger partial charge in [-0.25, -0.2) is 4.79 Å². The third-order valence-electron chi connectivity index (χ3n) is 5.02. The summed E-state index contributed by atoms with van der Waals surface area (Å²) in [5.41, 5.74) is 3.17. The van der Waals surface area contributed by atoms with E-state index in [0.717, 1.165) is 38.9 Å². The number of carbonyl (C=O) groups is 2. The topological polar surface area (TPSA) is 61.4 Å². The predicted octanol–water partition coefficient (Wildman–Crippen LogP) is 3.35. The molecule has 142 valence electrons. The number of amides is 3. The second kappa shape index (κ2) is 9.33. The minimum Gasteiger partial charge on any atom is -0.335 e. The van der Waals surface area contributed by atoms with Gasteiger partial charge in [0, 0.05) is 31.2 Å². The number of likely N-dealkylation sites (tertiary alicyclic amines) is 1. The average Bonchev–Trinajstić information content (AvgIpc) is 2.70. The number of nitrogens with zero attached hydrogens (tertiary/aromatic N) is 1. The van der Waals surface area contributed by atoms with Crippen LogP contribution in [0, 0.1) is 0 Å². The maximum atomic E-state index is 12.1. The third-order valence-corrected chi connectivity index (χ3v) is 5.02. The molecule has 0 bridgehead atoms. The number of hydrogen-bond donors (Lipinski definition) is 2. The minimum atomic E-state index is -0.419. The van der Waals surface area contributed by atoms with Crippen LogP contribution in [0.25, 0.3) is 0 Å². The molecular weight excluding hydrogens is 338 g/mol. The van der Waals surface area contributed by atoms with Crippen molar-refractivity contribution in [1.29, 1.82) is 0 Å². The first-order valence-electron chi connectivity index (χ1n) is 9.61. The van der Waals surface area contributed by atoms with E-state index >= 15 is 0 Å². The summed E-state index contributed by atoms with van der Waals surface area (Å²) < 4.78 is 0. The first-order valence-corrected chi connectivity index (χ1v) is 9.61. The molecule has 0 spiro atoms. The van der Waals surface area contributed by atoms with E-state index in [1.54, 1.807) is 24.3 Å². The summed E-state index contributed by atoms with van der Waals surface area (Å²) in [4.78, 5) is 26.5. The second-order valence-electron chi connectivity index (χ2n) is 7.01. The largest absolute Gasteiger partial charge is 0.335 e. The number of benzene rings is 2. The molecule has 2 aromatic rings. The van der Waals surface area contributed by atoms with Gasteiger partial charge in [-0.15, -0.1) is 0 Å². The van der Waals surface area contributed by atoms with Gasteiger partial charge in [-0.2, -0.15) is 0 Å². The Balaban J connectivity index is 1.41. The monoisotopic (exact) mass is 365 g/mol. The highest BCUT2D eigenvalue weighted by Crippen LogP contribution is 2.14. The number of aryl methyl sites for hydroxylation is 1. The minimum absolute atomic E-state index is 0.104. The van der Waals surface area contributed by atoms with Crippen LogP contribution in [-0.4, -0.2) is 36.0 Å². The number of imide groups is 1. The zero-order chi connectivity index (χ0) is 19.1. The summed E-state index contributed by atoms with van der Waals surface area (Å²) >= 11 is 0. The molecule has 5 heteroatoms. The Morgan fingerprint density at radius 2 is 1.59 bits per heavy atom. The quantitative estimate of drug-likeness (QED) is 0.854. The highest BCUT2D eigenvalue weighted by atomic mass is 16.2. The van der Waals surface area contributed by atoms with Crippen LogP contribution in [0.3, 0.4) is 0 Å². The summed E-state index contributed by atoms with van der Waals surface area (Å²) in [5, 5.41) is 5.32. The predicted molar refractivity (Wildman–Crippen MR) is 107 cm³/mol. The Kier molecular flexibility index (Phi) is 6.60. The summed E-state index contributed by atoms with van der Waals surface area (Å²) in [7, 11) is 0. The molecule has 5 nitrogen and oxygen atoms in total. The van der Waals surface area contributed by atoms with Crippen molar-refractivity contribution in [3.8, 4) is 0 Å². The van der Waals surface area contributed by atoms with Crippen molar-refractivity contribution < 1.29 is 9.59 Å². The summed E-state index contributed by atoms with van der Waals surface area (Å²) in [6.07, 6.45) is 2.84. The summed E-state index contributed by atoms with van der Waals surface area (Å²) in [6, 6.07) is 17.2. The van der Waals surface area contributed by atoms with Gasteiger partial charge in [-0.3, -0.25) is 15.0 Å². The fourth-order valence-corrected chi connectivity index (χ4v) is 3.36. The van der Waals surface area contributed by atoms with E-state index < -0.39 is 6.03 Å². The molecule has 1 aliphatic heterocycles. The van der Waals surface area contributed by atoms with E-state index in [-0.39, 0.29) is 11.9 Å². The molecule has 1 heterocycles. The molecule has 27 heavy (non-hydrogen) atoms. The van der Waals surface area contributed by atoms with Crippen LogP contribution in [0.15, 0.2) is 54.6 Å². The van der Waals surface area contributed by atoms with Gasteiger partial charge in [0.25, 0.3) is 5.91 Å². The Hall–Kier alpha value is -2.66. The molecule has 0 radical (unpaired) electrons. The fraction of sp³-hybridized carbons (Fsp3) is 0.364. The van der Waals surface area contributed by atoms with Crippen LogP contribution in [0.1, 0.15) is 41.3 Å². The second-order valence-corrected chi connectivity index (χ2v) is 7.01.